The summed E-state index contributed by atoms with van der Waals surface area (Å²) in [5.74, 6) is 0.549. The summed E-state index contributed by atoms with van der Waals surface area (Å²) >= 11 is 1.24. The largest absolute Gasteiger partial charge is 0.495 e. The van der Waals surface area contributed by atoms with Gasteiger partial charge in [-0.15, -0.1) is 0 Å². The van der Waals surface area contributed by atoms with E-state index in [1.54, 1.807) is 50.6 Å². The first kappa shape index (κ1) is 17.0. The van der Waals surface area contributed by atoms with E-state index >= 15 is 0 Å². The van der Waals surface area contributed by atoms with Crippen molar-refractivity contribution < 1.29 is 18.7 Å². The molecule has 4 aromatic rings. The van der Waals surface area contributed by atoms with Gasteiger partial charge in [-0.25, -0.2) is 4.98 Å². The van der Waals surface area contributed by atoms with Gasteiger partial charge in [0.1, 0.15) is 27.3 Å². The van der Waals surface area contributed by atoms with Gasteiger partial charge < -0.3 is 13.9 Å². The van der Waals surface area contributed by atoms with Gasteiger partial charge in [-0.05, 0) is 24.3 Å². The first-order valence-electron chi connectivity index (χ1n) is 7.96. The third-order valence-corrected chi connectivity index (χ3v) is 4.97. The van der Waals surface area contributed by atoms with Crippen LogP contribution in [0, 0.1) is 0 Å². The number of hydrogen-bond donors (Lipinski definition) is 1. The molecule has 0 saturated heterocycles. The van der Waals surface area contributed by atoms with Crippen molar-refractivity contribution in [3.8, 4) is 11.5 Å². The number of anilines is 1. The highest BCUT2D eigenvalue weighted by molar-refractivity contribution is 7.22. The van der Waals surface area contributed by atoms with E-state index in [2.05, 4.69) is 10.3 Å². The fourth-order valence-corrected chi connectivity index (χ4v) is 3.68. The molecule has 2 aromatic heterocycles. The highest BCUT2D eigenvalue weighted by atomic mass is 32.1. The van der Waals surface area contributed by atoms with Crippen molar-refractivity contribution in [1.29, 1.82) is 0 Å². The van der Waals surface area contributed by atoms with Crippen LogP contribution in [0.15, 0.2) is 51.7 Å². The van der Waals surface area contributed by atoms with Crippen molar-refractivity contribution >= 4 is 43.6 Å². The molecule has 0 saturated carbocycles. The Hall–Kier alpha value is -3.39. The minimum Gasteiger partial charge on any atom is -0.495 e. The average molecular weight is 382 g/mol. The Morgan fingerprint density at radius 1 is 1.11 bits per heavy atom. The molecule has 0 aliphatic carbocycles. The van der Waals surface area contributed by atoms with Gasteiger partial charge >= 0.3 is 0 Å². The number of carbonyl (C=O) groups excluding carboxylic acids is 1. The van der Waals surface area contributed by atoms with Crippen molar-refractivity contribution in [3.63, 3.8) is 0 Å². The highest BCUT2D eigenvalue weighted by Gasteiger charge is 2.18. The lowest BCUT2D eigenvalue weighted by atomic mass is 10.2. The number of hydrogen-bond acceptors (Lipinski definition) is 7. The zero-order chi connectivity index (χ0) is 19.0. The molecule has 0 fully saturated rings. The number of ether oxygens (including phenoxy) is 2. The number of nitrogens with zero attached hydrogens (tertiary/aromatic N) is 1. The zero-order valence-electron chi connectivity index (χ0n) is 14.4. The molecular weight excluding hydrogens is 368 g/mol. The molecule has 0 aliphatic rings. The van der Waals surface area contributed by atoms with Crippen molar-refractivity contribution in [2.24, 2.45) is 0 Å². The topological polar surface area (TPSA) is 90.7 Å². The number of nitrogens with one attached hydrogen (secondary N) is 1. The maximum Gasteiger partial charge on any atom is 0.293 e. The standard InChI is InChI=1S/C19H14N2O5S/c1-24-13-7-8-14(25-2)17-16(13)20-19(27-17)21-18(23)15-9-11(22)10-5-3-4-6-12(10)26-15/h3-9H,1-2H3,(H,20,21,23). The maximum atomic E-state index is 12.6. The van der Waals surface area contributed by atoms with E-state index in [1.807, 2.05) is 0 Å². The summed E-state index contributed by atoms with van der Waals surface area (Å²) in [7, 11) is 3.10. The van der Waals surface area contributed by atoms with E-state index in [-0.39, 0.29) is 11.2 Å². The van der Waals surface area contributed by atoms with Crippen LogP contribution in [0.5, 0.6) is 11.5 Å². The molecule has 2 heterocycles. The van der Waals surface area contributed by atoms with Gasteiger partial charge in [0, 0.05) is 6.07 Å². The number of para-hydroxylation sites is 1. The number of amides is 1. The van der Waals surface area contributed by atoms with Gasteiger partial charge in [-0.3, -0.25) is 14.9 Å². The van der Waals surface area contributed by atoms with E-state index in [1.165, 1.54) is 17.4 Å². The summed E-state index contributed by atoms with van der Waals surface area (Å²) in [6.07, 6.45) is 0. The molecule has 4 rings (SSSR count). The molecule has 0 atom stereocenters. The summed E-state index contributed by atoms with van der Waals surface area (Å²) in [5, 5.41) is 3.43. The Kier molecular flexibility index (Phi) is 4.25. The fourth-order valence-electron chi connectivity index (χ4n) is 2.71. The van der Waals surface area contributed by atoms with Crippen LogP contribution in [-0.4, -0.2) is 25.1 Å². The molecule has 7 nitrogen and oxygen atoms in total. The first-order valence-corrected chi connectivity index (χ1v) is 8.78. The highest BCUT2D eigenvalue weighted by Crippen LogP contribution is 2.38. The van der Waals surface area contributed by atoms with E-state index in [4.69, 9.17) is 13.9 Å². The Labute approximate surface area is 157 Å². The molecule has 0 unspecified atom stereocenters. The number of thiazole rings is 1. The molecule has 0 spiro atoms. The molecule has 8 heteroatoms. The summed E-state index contributed by atoms with van der Waals surface area (Å²) in [5.41, 5.74) is 0.648. The molecule has 2 aromatic carbocycles. The Morgan fingerprint density at radius 3 is 2.63 bits per heavy atom. The predicted molar refractivity (Wildman–Crippen MR) is 103 cm³/mol. The summed E-state index contributed by atoms with van der Waals surface area (Å²) in [6, 6.07) is 11.4. The SMILES string of the molecule is COc1ccc(OC)c2sc(NC(=O)c3cc(=O)c4ccccc4o3)nc12. The second-order valence-corrected chi connectivity index (χ2v) is 6.59. The molecule has 27 heavy (non-hydrogen) atoms. The number of rotatable bonds is 4. The van der Waals surface area contributed by atoms with Gasteiger partial charge in [0.05, 0.1) is 19.6 Å². The molecule has 1 amide bonds. The Morgan fingerprint density at radius 2 is 1.85 bits per heavy atom. The average Bonchev–Trinajstić information content (AvgIpc) is 3.10. The number of benzene rings is 2. The van der Waals surface area contributed by atoms with Gasteiger partial charge in [0.25, 0.3) is 5.91 Å². The van der Waals surface area contributed by atoms with E-state index in [9.17, 15) is 9.59 Å². The maximum absolute atomic E-state index is 12.6. The van der Waals surface area contributed by atoms with Gasteiger partial charge in [-0.1, -0.05) is 23.5 Å². The van der Waals surface area contributed by atoms with Crippen LogP contribution in [0.3, 0.4) is 0 Å². The third kappa shape index (κ3) is 3.00. The van der Waals surface area contributed by atoms with Crippen LogP contribution < -0.4 is 20.2 Å². The predicted octanol–water partition coefficient (Wildman–Crippen LogP) is 3.67. The molecule has 0 radical (unpaired) electrons. The second-order valence-electron chi connectivity index (χ2n) is 5.59. The minimum atomic E-state index is -0.560. The molecule has 0 bridgehead atoms. The third-order valence-electron chi connectivity index (χ3n) is 3.99. The van der Waals surface area contributed by atoms with Crippen LogP contribution in [-0.2, 0) is 0 Å². The number of carbonyl (C=O) groups is 1. The minimum absolute atomic E-state index is 0.0862. The summed E-state index contributed by atoms with van der Waals surface area (Å²) < 4.78 is 16.9. The number of fused-ring (bicyclic) bond motifs is 2. The number of methoxy groups -OCH3 is 2. The molecule has 0 aliphatic heterocycles. The zero-order valence-corrected chi connectivity index (χ0v) is 15.3. The monoisotopic (exact) mass is 382 g/mol. The Bertz CT molecular complexity index is 1190. The van der Waals surface area contributed by atoms with Crippen molar-refractivity contribution in [1.82, 2.24) is 4.98 Å². The Balaban J connectivity index is 1.72. The summed E-state index contributed by atoms with van der Waals surface area (Å²) in [4.78, 5) is 29.1. The van der Waals surface area contributed by atoms with Crippen LogP contribution in [0.4, 0.5) is 5.13 Å². The lowest BCUT2D eigenvalue weighted by Crippen LogP contribution is -2.14. The second kappa shape index (κ2) is 6.73. The van der Waals surface area contributed by atoms with Crippen molar-refractivity contribution in [3.05, 3.63) is 58.4 Å². The van der Waals surface area contributed by atoms with E-state index < -0.39 is 5.91 Å². The van der Waals surface area contributed by atoms with Crippen LogP contribution >= 0.6 is 11.3 Å². The molecule has 1 N–H and O–H groups in total. The fraction of sp³-hybridized carbons (Fsp3) is 0.105. The van der Waals surface area contributed by atoms with Gasteiger partial charge in [0.2, 0.25) is 0 Å². The normalized spacial score (nSPS) is 10.9. The van der Waals surface area contributed by atoms with Gasteiger partial charge in [-0.2, -0.15) is 0 Å². The van der Waals surface area contributed by atoms with Crippen LogP contribution in [0.1, 0.15) is 10.6 Å². The quantitative estimate of drug-likeness (QED) is 0.579. The van der Waals surface area contributed by atoms with Crippen molar-refractivity contribution in [2.45, 2.75) is 0 Å². The number of aromatic nitrogens is 1. The first-order chi connectivity index (χ1) is 13.1. The smallest absolute Gasteiger partial charge is 0.293 e. The van der Waals surface area contributed by atoms with Crippen LogP contribution in [0.25, 0.3) is 21.2 Å². The van der Waals surface area contributed by atoms with E-state index in [0.29, 0.717) is 33.1 Å². The van der Waals surface area contributed by atoms with Gasteiger partial charge in [0.15, 0.2) is 16.3 Å². The van der Waals surface area contributed by atoms with Crippen LogP contribution in [0.2, 0.25) is 0 Å². The lowest BCUT2D eigenvalue weighted by Gasteiger charge is -2.03. The molecular formula is C19H14N2O5S. The lowest BCUT2D eigenvalue weighted by molar-refractivity contribution is 0.0997. The molecule has 136 valence electrons. The van der Waals surface area contributed by atoms with E-state index in [0.717, 1.165) is 4.70 Å². The summed E-state index contributed by atoms with van der Waals surface area (Å²) in [6.45, 7) is 0. The van der Waals surface area contributed by atoms with Crippen molar-refractivity contribution in [2.75, 3.05) is 19.5 Å².